The summed E-state index contributed by atoms with van der Waals surface area (Å²) in [6.45, 7) is 0.273. The number of carboxylic acids is 1. The number of hydrogen-bond donors (Lipinski definition) is 2. The average molecular weight is 351 g/mol. The highest BCUT2D eigenvalue weighted by atomic mass is 16.5. The topological polar surface area (TPSA) is 75.6 Å². The zero-order valence-electron chi connectivity index (χ0n) is 14.4. The van der Waals surface area contributed by atoms with Crippen molar-refractivity contribution >= 4 is 12.1 Å². The van der Waals surface area contributed by atoms with Crippen molar-refractivity contribution in [1.82, 2.24) is 5.32 Å². The van der Waals surface area contributed by atoms with Crippen molar-refractivity contribution in [2.75, 3.05) is 6.61 Å². The van der Waals surface area contributed by atoms with Crippen molar-refractivity contribution in [3.05, 3.63) is 59.7 Å². The molecule has 1 saturated carbocycles. The first kappa shape index (κ1) is 16.6. The molecule has 2 N–H and O–H groups in total. The minimum atomic E-state index is -0.842. The highest BCUT2D eigenvalue weighted by molar-refractivity contribution is 5.79. The van der Waals surface area contributed by atoms with E-state index >= 15 is 0 Å². The molecular formula is C21H21NO4. The molecule has 0 aliphatic heterocycles. The first-order valence-electron chi connectivity index (χ1n) is 8.93. The maximum Gasteiger partial charge on any atom is 0.407 e. The third-order valence-corrected chi connectivity index (χ3v) is 5.38. The lowest BCUT2D eigenvalue weighted by Gasteiger charge is -2.18. The number of fused-ring (bicyclic) bond motifs is 3. The lowest BCUT2D eigenvalue weighted by Crippen LogP contribution is -2.38. The fourth-order valence-corrected chi connectivity index (χ4v) is 3.79. The lowest BCUT2D eigenvalue weighted by atomic mass is 9.98. The molecule has 2 aromatic carbocycles. The van der Waals surface area contributed by atoms with Crippen LogP contribution < -0.4 is 5.32 Å². The van der Waals surface area contributed by atoms with Crippen LogP contribution in [0.3, 0.4) is 0 Å². The van der Waals surface area contributed by atoms with Gasteiger partial charge in [-0.05, 0) is 41.5 Å². The molecule has 0 aromatic heterocycles. The fraction of sp³-hybridized carbons (Fsp3) is 0.333. The van der Waals surface area contributed by atoms with Gasteiger partial charge in [-0.1, -0.05) is 48.5 Å². The number of nitrogens with one attached hydrogen (secondary N) is 1. The van der Waals surface area contributed by atoms with Crippen LogP contribution in [0.15, 0.2) is 48.5 Å². The minimum absolute atomic E-state index is 0.0299. The zero-order chi connectivity index (χ0) is 18.1. The molecule has 2 aromatic rings. The Hall–Kier alpha value is -2.82. The summed E-state index contributed by atoms with van der Waals surface area (Å²) in [4.78, 5) is 23.0. The zero-order valence-corrected chi connectivity index (χ0v) is 14.4. The predicted octanol–water partition coefficient (Wildman–Crippen LogP) is 3.92. The van der Waals surface area contributed by atoms with Gasteiger partial charge in [0.15, 0.2) is 0 Å². The fourth-order valence-electron chi connectivity index (χ4n) is 3.79. The molecule has 0 bridgehead atoms. The number of benzene rings is 2. The molecule has 1 fully saturated rings. The van der Waals surface area contributed by atoms with Gasteiger partial charge in [0.2, 0.25) is 0 Å². The quantitative estimate of drug-likeness (QED) is 0.827. The number of hydrogen-bond acceptors (Lipinski definition) is 3. The second kappa shape index (κ2) is 6.48. The summed E-state index contributed by atoms with van der Waals surface area (Å²) in [5.41, 5.74) is 4.34. The Kier molecular flexibility index (Phi) is 4.15. The summed E-state index contributed by atoms with van der Waals surface area (Å²) in [6.07, 6.45) is 1.67. The lowest BCUT2D eigenvalue weighted by molar-refractivity contribution is -0.137. The molecule has 134 valence electrons. The molecule has 0 unspecified atom stereocenters. The molecule has 1 amide bonds. The Morgan fingerprint density at radius 2 is 1.62 bits per heavy atom. The van der Waals surface area contributed by atoms with Crippen molar-refractivity contribution in [1.29, 1.82) is 0 Å². The summed E-state index contributed by atoms with van der Waals surface area (Å²) in [5.74, 6) is -0.812. The first-order valence-corrected chi connectivity index (χ1v) is 8.93. The summed E-state index contributed by atoms with van der Waals surface area (Å²) in [7, 11) is 0. The van der Waals surface area contributed by atoms with Crippen LogP contribution in [0, 0.1) is 0 Å². The molecule has 2 aliphatic rings. The van der Waals surface area contributed by atoms with Gasteiger partial charge >= 0.3 is 12.1 Å². The van der Waals surface area contributed by atoms with Crippen molar-refractivity contribution in [2.45, 2.75) is 37.1 Å². The third-order valence-electron chi connectivity index (χ3n) is 5.38. The second-order valence-electron chi connectivity index (χ2n) is 7.12. The van der Waals surface area contributed by atoms with Crippen molar-refractivity contribution < 1.29 is 19.4 Å². The van der Waals surface area contributed by atoms with Crippen LogP contribution in [0.25, 0.3) is 11.1 Å². The largest absolute Gasteiger partial charge is 0.481 e. The Balaban J connectivity index is 1.42. The van der Waals surface area contributed by atoms with Gasteiger partial charge in [0.1, 0.15) is 6.61 Å². The Labute approximate surface area is 152 Å². The van der Waals surface area contributed by atoms with Gasteiger partial charge in [-0.15, -0.1) is 0 Å². The SMILES string of the molecule is O=C(O)CCC1(NC(=O)OCC2c3ccccc3-c3ccccc32)CC1. The van der Waals surface area contributed by atoms with Crippen LogP contribution in [-0.2, 0) is 9.53 Å². The van der Waals surface area contributed by atoms with Crippen LogP contribution in [0.5, 0.6) is 0 Å². The molecular weight excluding hydrogens is 330 g/mol. The van der Waals surface area contributed by atoms with Gasteiger partial charge in [0.25, 0.3) is 0 Å². The number of carbonyl (C=O) groups excluding carboxylic acids is 1. The Morgan fingerprint density at radius 1 is 1.04 bits per heavy atom. The van der Waals surface area contributed by atoms with E-state index in [1.54, 1.807) is 0 Å². The minimum Gasteiger partial charge on any atom is -0.481 e. The van der Waals surface area contributed by atoms with Gasteiger partial charge < -0.3 is 15.2 Å². The van der Waals surface area contributed by atoms with E-state index < -0.39 is 12.1 Å². The number of ether oxygens (including phenoxy) is 1. The van der Waals surface area contributed by atoms with Gasteiger partial charge in [0, 0.05) is 17.9 Å². The number of amides is 1. The van der Waals surface area contributed by atoms with Gasteiger partial charge in [-0.2, -0.15) is 0 Å². The molecule has 0 spiro atoms. The maximum atomic E-state index is 12.2. The van der Waals surface area contributed by atoms with Crippen molar-refractivity contribution in [3.63, 3.8) is 0 Å². The highest BCUT2D eigenvalue weighted by Crippen LogP contribution is 2.44. The molecule has 5 heteroatoms. The summed E-state index contributed by atoms with van der Waals surface area (Å²) >= 11 is 0. The number of rotatable bonds is 6. The summed E-state index contributed by atoms with van der Waals surface area (Å²) in [6, 6.07) is 16.4. The predicted molar refractivity (Wildman–Crippen MR) is 97.0 cm³/mol. The molecule has 0 atom stereocenters. The van der Waals surface area contributed by atoms with Gasteiger partial charge in [-0.25, -0.2) is 4.79 Å². The van der Waals surface area contributed by atoms with Crippen LogP contribution in [0.4, 0.5) is 4.79 Å². The van der Waals surface area contributed by atoms with Crippen molar-refractivity contribution in [3.8, 4) is 11.1 Å². The van der Waals surface area contributed by atoms with Crippen LogP contribution in [-0.4, -0.2) is 29.3 Å². The molecule has 0 radical (unpaired) electrons. The smallest absolute Gasteiger partial charge is 0.407 e. The number of carboxylic acid groups (broad SMARTS) is 1. The second-order valence-corrected chi connectivity index (χ2v) is 7.12. The summed E-state index contributed by atoms with van der Waals surface area (Å²) in [5, 5.41) is 11.7. The Morgan fingerprint density at radius 3 is 2.15 bits per heavy atom. The molecule has 2 aliphatic carbocycles. The van der Waals surface area contributed by atoms with Crippen molar-refractivity contribution in [2.24, 2.45) is 0 Å². The van der Waals surface area contributed by atoms with Crippen LogP contribution >= 0.6 is 0 Å². The van der Waals surface area contributed by atoms with E-state index in [9.17, 15) is 9.59 Å². The monoisotopic (exact) mass is 351 g/mol. The highest BCUT2D eigenvalue weighted by Gasteiger charge is 2.44. The van der Waals surface area contributed by atoms with E-state index in [2.05, 4.69) is 29.6 Å². The first-order chi connectivity index (χ1) is 12.6. The molecule has 5 nitrogen and oxygen atoms in total. The van der Waals surface area contributed by atoms with Gasteiger partial charge in [-0.3, -0.25) is 4.79 Å². The van der Waals surface area contributed by atoms with E-state index in [0.717, 1.165) is 12.8 Å². The number of aliphatic carboxylic acids is 1. The molecule has 4 rings (SSSR count). The van der Waals surface area contributed by atoms with Crippen LogP contribution in [0.1, 0.15) is 42.7 Å². The number of carbonyl (C=O) groups is 2. The molecule has 0 saturated heterocycles. The number of alkyl carbamates (subject to hydrolysis) is 1. The molecule has 26 heavy (non-hydrogen) atoms. The summed E-state index contributed by atoms with van der Waals surface area (Å²) < 4.78 is 5.52. The normalized spacial score (nSPS) is 16.5. The van der Waals surface area contributed by atoms with Gasteiger partial charge in [0.05, 0.1) is 0 Å². The van der Waals surface area contributed by atoms with E-state index in [1.807, 2.05) is 24.3 Å². The standard InChI is InChI=1S/C21H21NO4/c23-19(24)9-10-21(11-12-21)22-20(25)26-13-18-16-7-3-1-5-14(16)15-6-2-4-8-17(15)18/h1-8,18H,9-13H2,(H,22,25)(H,23,24). The third kappa shape index (κ3) is 3.17. The van der Waals surface area contributed by atoms with E-state index in [0.29, 0.717) is 6.42 Å². The molecule has 0 heterocycles. The Bertz CT molecular complexity index is 811. The van der Waals surface area contributed by atoms with E-state index in [-0.39, 0.29) is 24.5 Å². The van der Waals surface area contributed by atoms with E-state index in [4.69, 9.17) is 9.84 Å². The van der Waals surface area contributed by atoms with Crippen LogP contribution in [0.2, 0.25) is 0 Å². The average Bonchev–Trinajstić information content (AvgIpc) is 3.33. The maximum absolute atomic E-state index is 12.2. The van der Waals surface area contributed by atoms with E-state index in [1.165, 1.54) is 22.3 Å².